The molecule has 0 aliphatic heterocycles. The summed E-state index contributed by atoms with van der Waals surface area (Å²) >= 11 is 6.07. The zero-order valence-electron chi connectivity index (χ0n) is 9.64. The first-order valence-corrected chi connectivity index (χ1v) is 6.16. The van der Waals surface area contributed by atoms with E-state index < -0.39 is 0 Å². The number of carbonyl (C=O) groups excluding carboxylic acids is 1. The van der Waals surface area contributed by atoms with Gasteiger partial charge >= 0.3 is 0 Å². The van der Waals surface area contributed by atoms with Crippen molar-refractivity contribution in [3.05, 3.63) is 41.2 Å². The number of fused-ring (bicyclic) bond motifs is 1. The Morgan fingerprint density at radius 3 is 2.89 bits per heavy atom. The minimum absolute atomic E-state index is 0.160. The van der Waals surface area contributed by atoms with Gasteiger partial charge in [0.1, 0.15) is 0 Å². The standard InChI is InChI=1S/C13H12ClN3O/c14-12-7-16-6-9-2-1-8(5-11(9)12)13(18)17(15)10-3-4-10/h1-2,5-7,10H,3-4,15H2. The van der Waals surface area contributed by atoms with Gasteiger partial charge in [-0.25, -0.2) is 5.84 Å². The third kappa shape index (κ3) is 1.94. The summed E-state index contributed by atoms with van der Waals surface area (Å²) in [6, 6.07) is 5.55. The quantitative estimate of drug-likeness (QED) is 0.513. The zero-order chi connectivity index (χ0) is 12.7. The number of pyridine rings is 1. The summed E-state index contributed by atoms with van der Waals surface area (Å²) in [5.41, 5.74) is 0.560. The molecule has 0 radical (unpaired) electrons. The maximum Gasteiger partial charge on any atom is 0.268 e. The van der Waals surface area contributed by atoms with Crippen LogP contribution >= 0.6 is 11.6 Å². The van der Waals surface area contributed by atoms with E-state index >= 15 is 0 Å². The summed E-state index contributed by atoms with van der Waals surface area (Å²) in [6.45, 7) is 0. The van der Waals surface area contributed by atoms with Crippen LogP contribution in [-0.2, 0) is 0 Å². The van der Waals surface area contributed by atoms with Crippen LogP contribution in [-0.4, -0.2) is 21.9 Å². The van der Waals surface area contributed by atoms with E-state index in [1.165, 1.54) is 5.01 Å². The van der Waals surface area contributed by atoms with E-state index in [0.717, 1.165) is 23.6 Å². The summed E-state index contributed by atoms with van der Waals surface area (Å²) in [5.74, 6) is 5.62. The van der Waals surface area contributed by atoms with Crippen molar-refractivity contribution in [2.75, 3.05) is 0 Å². The van der Waals surface area contributed by atoms with Crippen LogP contribution in [0.15, 0.2) is 30.6 Å². The van der Waals surface area contributed by atoms with Crippen molar-refractivity contribution in [1.82, 2.24) is 9.99 Å². The van der Waals surface area contributed by atoms with E-state index in [2.05, 4.69) is 4.98 Å². The fourth-order valence-corrected chi connectivity index (χ4v) is 2.15. The van der Waals surface area contributed by atoms with E-state index in [9.17, 15) is 4.79 Å². The highest BCUT2D eigenvalue weighted by Gasteiger charge is 2.31. The highest BCUT2D eigenvalue weighted by molar-refractivity contribution is 6.35. The van der Waals surface area contributed by atoms with Gasteiger partial charge in [0.15, 0.2) is 0 Å². The van der Waals surface area contributed by atoms with Gasteiger partial charge in [-0.15, -0.1) is 0 Å². The Morgan fingerprint density at radius 1 is 1.39 bits per heavy atom. The van der Waals surface area contributed by atoms with Crippen molar-refractivity contribution in [3.63, 3.8) is 0 Å². The first-order valence-electron chi connectivity index (χ1n) is 5.78. The van der Waals surface area contributed by atoms with Crippen LogP contribution in [0.2, 0.25) is 5.02 Å². The number of halogens is 1. The molecule has 5 heteroatoms. The first kappa shape index (κ1) is 11.4. The Kier molecular flexibility index (Phi) is 2.69. The lowest BCUT2D eigenvalue weighted by atomic mass is 10.1. The average molecular weight is 262 g/mol. The Labute approximate surface area is 109 Å². The molecule has 1 saturated carbocycles. The van der Waals surface area contributed by atoms with Gasteiger partial charge in [-0.2, -0.15) is 0 Å². The van der Waals surface area contributed by atoms with Gasteiger partial charge in [-0.05, 0) is 25.0 Å². The number of hydrogen-bond acceptors (Lipinski definition) is 3. The molecule has 92 valence electrons. The van der Waals surface area contributed by atoms with Crippen molar-refractivity contribution in [2.24, 2.45) is 5.84 Å². The molecule has 0 bridgehead atoms. The van der Waals surface area contributed by atoms with Crippen LogP contribution in [0.4, 0.5) is 0 Å². The fourth-order valence-electron chi connectivity index (χ4n) is 1.93. The molecule has 0 saturated heterocycles. The number of amides is 1. The van der Waals surface area contributed by atoms with Crippen LogP contribution in [0.5, 0.6) is 0 Å². The molecule has 1 heterocycles. The molecular weight excluding hydrogens is 250 g/mol. The molecule has 4 nitrogen and oxygen atoms in total. The molecule has 0 unspecified atom stereocenters. The molecule has 1 aliphatic rings. The van der Waals surface area contributed by atoms with Crippen molar-refractivity contribution in [1.29, 1.82) is 0 Å². The third-order valence-corrected chi connectivity index (χ3v) is 3.44. The van der Waals surface area contributed by atoms with Gasteiger partial charge < -0.3 is 0 Å². The number of aromatic nitrogens is 1. The van der Waals surface area contributed by atoms with E-state index in [1.807, 2.05) is 6.07 Å². The maximum atomic E-state index is 12.1. The third-order valence-electron chi connectivity index (χ3n) is 3.13. The van der Waals surface area contributed by atoms with E-state index in [4.69, 9.17) is 17.4 Å². The molecule has 3 rings (SSSR count). The molecule has 1 aromatic heterocycles. The Morgan fingerprint density at radius 2 is 2.17 bits per heavy atom. The second-order valence-corrected chi connectivity index (χ2v) is 4.91. The van der Waals surface area contributed by atoms with Crippen molar-refractivity contribution >= 4 is 28.3 Å². The normalized spacial score (nSPS) is 14.8. The number of rotatable bonds is 2. The summed E-state index contributed by atoms with van der Waals surface area (Å²) < 4.78 is 0. The number of nitrogens with zero attached hydrogens (tertiary/aromatic N) is 2. The minimum Gasteiger partial charge on any atom is -0.273 e. The minimum atomic E-state index is -0.160. The molecule has 0 atom stereocenters. The van der Waals surface area contributed by atoms with Crippen LogP contribution in [0, 0.1) is 0 Å². The lowest BCUT2D eigenvalue weighted by Gasteiger charge is -2.15. The molecule has 1 fully saturated rings. The molecule has 2 N–H and O–H groups in total. The number of hydrazine groups is 1. The van der Waals surface area contributed by atoms with E-state index in [0.29, 0.717) is 10.6 Å². The van der Waals surface area contributed by atoms with Crippen LogP contribution in [0.3, 0.4) is 0 Å². The molecular formula is C13H12ClN3O. The first-order chi connectivity index (χ1) is 8.66. The summed E-state index contributed by atoms with van der Waals surface area (Å²) in [4.78, 5) is 16.1. The van der Waals surface area contributed by atoms with Crippen molar-refractivity contribution < 1.29 is 4.79 Å². The number of benzene rings is 1. The second kappa shape index (κ2) is 4.23. The largest absolute Gasteiger partial charge is 0.273 e. The zero-order valence-corrected chi connectivity index (χ0v) is 10.4. The highest BCUT2D eigenvalue weighted by atomic mass is 35.5. The molecule has 1 aromatic carbocycles. The summed E-state index contributed by atoms with van der Waals surface area (Å²) in [6.07, 6.45) is 5.26. The fraction of sp³-hybridized carbons (Fsp3) is 0.231. The van der Waals surface area contributed by atoms with Crippen LogP contribution < -0.4 is 5.84 Å². The predicted octanol–water partition coefficient (Wildman–Crippen LogP) is 2.37. The van der Waals surface area contributed by atoms with Crippen molar-refractivity contribution in [2.45, 2.75) is 18.9 Å². The molecule has 1 amide bonds. The lowest BCUT2D eigenvalue weighted by Crippen LogP contribution is -2.39. The summed E-state index contributed by atoms with van der Waals surface area (Å²) in [7, 11) is 0. The van der Waals surface area contributed by atoms with Gasteiger partial charge in [0.05, 0.1) is 5.02 Å². The van der Waals surface area contributed by atoms with E-state index in [1.54, 1.807) is 24.5 Å². The maximum absolute atomic E-state index is 12.1. The SMILES string of the molecule is NN(C(=O)c1ccc2cncc(Cl)c2c1)C1CC1. The monoisotopic (exact) mass is 261 g/mol. The smallest absolute Gasteiger partial charge is 0.268 e. The summed E-state index contributed by atoms with van der Waals surface area (Å²) in [5, 5.41) is 3.59. The van der Waals surface area contributed by atoms with Crippen LogP contribution in [0.1, 0.15) is 23.2 Å². The van der Waals surface area contributed by atoms with Gasteiger partial charge in [-0.3, -0.25) is 14.8 Å². The highest BCUT2D eigenvalue weighted by Crippen LogP contribution is 2.27. The second-order valence-electron chi connectivity index (χ2n) is 4.50. The molecule has 2 aromatic rings. The topological polar surface area (TPSA) is 59.2 Å². The molecule has 0 spiro atoms. The predicted molar refractivity (Wildman–Crippen MR) is 70.1 cm³/mol. The lowest BCUT2D eigenvalue weighted by molar-refractivity contribution is 0.0743. The number of carbonyl (C=O) groups is 1. The van der Waals surface area contributed by atoms with Gasteiger partial charge in [0.2, 0.25) is 0 Å². The number of hydrogen-bond donors (Lipinski definition) is 1. The van der Waals surface area contributed by atoms with Gasteiger partial charge in [0.25, 0.3) is 5.91 Å². The number of nitrogens with two attached hydrogens (primary N) is 1. The molecule has 1 aliphatic carbocycles. The van der Waals surface area contributed by atoms with E-state index in [-0.39, 0.29) is 11.9 Å². The van der Waals surface area contributed by atoms with Crippen molar-refractivity contribution in [3.8, 4) is 0 Å². The Hall–Kier alpha value is -1.65. The van der Waals surface area contributed by atoms with Crippen LogP contribution in [0.25, 0.3) is 10.8 Å². The van der Waals surface area contributed by atoms with Gasteiger partial charge in [0, 0.05) is 34.8 Å². The average Bonchev–Trinajstić information content (AvgIpc) is 3.21. The molecule has 18 heavy (non-hydrogen) atoms. The Bertz CT molecular complexity index is 625. The van der Waals surface area contributed by atoms with Gasteiger partial charge in [-0.1, -0.05) is 17.7 Å². The Balaban J connectivity index is 2.02.